The molecule has 2 aliphatic rings. The number of nitrogens with one attached hydrogen (secondary N) is 1. The van der Waals surface area contributed by atoms with E-state index in [2.05, 4.69) is 28.5 Å². The minimum absolute atomic E-state index is 0.0493. The third-order valence-electron chi connectivity index (χ3n) is 4.43. The maximum Gasteiger partial charge on any atom is 0.156 e. The molecule has 1 saturated heterocycles. The largest absolute Gasteiger partial charge is 0.399 e. The zero-order chi connectivity index (χ0) is 17.3. The lowest BCUT2D eigenvalue weighted by Crippen LogP contribution is -2.56. The number of aliphatic imine (C=N–C) groups is 1. The van der Waals surface area contributed by atoms with Crippen molar-refractivity contribution in [2.45, 2.75) is 58.9 Å². The minimum Gasteiger partial charge on any atom is -0.399 e. The van der Waals surface area contributed by atoms with Gasteiger partial charge in [0.2, 0.25) is 0 Å². The second kappa shape index (κ2) is 9.86. The Morgan fingerprint density at radius 3 is 2.61 bits per heavy atom. The molecule has 2 unspecified atom stereocenters. The van der Waals surface area contributed by atoms with Crippen molar-refractivity contribution in [2.75, 3.05) is 18.5 Å². The van der Waals surface area contributed by atoms with E-state index in [-0.39, 0.29) is 5.54 Å². The second-order valence-corrected chi connectivity index (χ2v) is 6.51. The van der Waals surface area contributed by atoms with Gasteiger partial charge in [-0.25, -0.2) is 0 Å². The smallest absolute Gasteiger partial charge is 0.156 e. The Hall–Kier alpha value is -1.16. The van der Waals surface area contributed by atoms with Crippen LogP contribution >= 0.6 is 11.8 Å². The Morgan fingerprint density at radius 2 is 1.96 bits per heavy atom. The average molecular weight is 336 g/mol. The monoisotopic (exact) mass is 335 g/mol. The zero-order valence-electron chi connectivity index (χ0n) is 15.4. The predicted octanol–water partition coefficient (Wildman–Crippen LogP) is 5.03. The van der Waals surface area contributed by atoms with Crippen LogP contribution in [0.4, 0.5) is 5.69 Å². The van der Waals surface area contributed by atoms with Crippen LogP contribution in [-0.4, -0.2) is 18.0 Å². The average Bonchev–Trinajstić information content (AvgIpc) is 2.64. The van der Waals surface area contributed by atoms with E-state index in [1.807, 2.05) is 52.6 Å². The maximum atomic E-state index is 5.99. The summed E-state index contributed by atoms with van der Waals surface area (Å²) in [7, 11) is 1.87. The summed E-state index contributed by atoms with van der Waals surface area (Å²) in [6.45, 7) is 8.00. The first-order valence-electron chi connectivity index (χ1n) is 8.98. The molecule has 4 heteroatoms. The Kier molecular flexibility index (Phi) is 8.53. The van der Waals surface area contributed by atoms with Crippen molar-refractivity contribution in [3.8, 4) is 0 Å². The summed E-state index contributed by atoms with van der Waals surface area (Å²) in [5.41, 5.74) is 8.22. The van der Waals surface area contributed by atoms with Gasteiger partial charge >= 0.3 is 0 Å². The fourth-order valence-corrected chi connectivity index (χ4v) is 4.62. The summed E-state index contributed by atoms with van der Waals surface area (Å²) in [6.07, 6.45) is 5.10. The number of hydrogen-bond acceptors (Lipinski definition) is 3. The van der Waals surface area contributed by atoms with Gasteiger partial charge in [0.25, 0.3) is 0 Å². The Bertz CT molecular complexity index is 501. The molecule has 0 radical (unpaired) electrons. The van der Waals surface area contributed by atoms with E-state index in [9.17, 15) is 0 Å². The molecule has 0 aromatic heterocycles. The Labute approximate surface area is 146 Å². The first kappa shape index (κ1) is 19.9. The molecule has 0 amide bonds. The van der Waals surface area contributed by atoms with Gasteiger partial charge in [-0.15, -0.1) is 0 Å². The summed E-state index contributed by atoms with van der Waals surface area (Å²) >= 11 is 1.85. The molecule has 3 nitrogen and oxygen atoms in total. The number of anilines is 1. The van der Waals surface area contributed by atoms with Crippen molar-refractivity contribution in [1.82, 2.24) is 5.32 Å². The third kappa shape index (κ3) is 4.43. The summed E-state index contributed by atoms with van der Waals surface area (Å²) in [4.78, 5) is 4.37. The molecule has 1 aromatic carbocycles. The molecule has 1 aliphatic heterocycles. The van der Waals surface area contributed by atoms with E-state index in [1.165, 1.54) is 31.2 Å². The van der Waals surface area contributed by atoms with E-state index < -0.39 is 0 Å². The van der Waals surface area contributed by atoms with Crippen molar-refractivity contribution in [3.05, 3.63) is 29.8 Å². The summed E-state index contributed by atoms with van der Waals surface area (Å²) < 4.78 is 0. The molecule has 2 atom stereocenters. The van der Waals surface area contributed by atoms with E-state index in [4.69, 9.17) is 5.73 Å². The fraction of sp³-hybridized carbons (Fsp3) is 0.632. The lowest BCUT2D eigenvalue weighted by molar-refractivity contribution is 0.182. The van der Waals surface area contributed by atoms with Crippen LogP contribution in [0.2, 0.25) is 0 Å². The summed E-state index contributed by atoms with van der Waals surface area (Å²) in [6, 6.07) is 8.38. The first-order chi connectivity index (χ1) is 11.2. The third-order valence-corrected chi connectivity index (χ3v) is 5.55. The van der Waals surface area contributed by atoms with Crippen LogP contribution in [0, 0.1) is 5.92 Å². The van der Waals surface area contributed by atoms with Gasteiger partial charge in [-0.2, -0.15) is 0 Å². The number of nitrogens with two attached hydrogens (primary N) is 1. The Balaban J connectivity index is 0.000000615. The number of thioether (sulfide) groups is 1. The number of rotatable bonds is 1. The molecule has 1 aliphatic carbocycles. The van der Waals surface area contributed by atoms with Crippen LogP contribution in [0.15, 0.2) is 29.3 Å². The molecule has 1 saturated carbocycles. The number of hydrogen-bond donors (Lipinski definition) is 2. The van der Waals surface area contributed by atoms with Gasteiger partial charge in [0, 0.05) is 18.5 Å². The first-order valence-corrected chi connectivity index (χ1v) is 9.97. The van der Waals surface area contributed by atoms with Crippen molar-refractivity contribution >= 4 is 22.6 Å². The van der Waals surface area contributed by atoms with Gasteiger partial charge in [-0.3, -0.25) is 4.99 Å². The highest BCUT2D eigenvalue weighted by Crippen LogP contribution is 2.46. The van der Waals surface area contributed by atoms with E-state index in [1.54, 1.807) is 0 Å². The normalized spacial score (nSPS) is 27.5. The number of fused-ring (bicyclic) bond motifs is 1. The van der Waals surface area contributed by atoms with Crippen LogP contribution < -0.4 is 11.1 Å². The highest BCUT2D eigenvalue weighted by molar-refractivity contribution is 8.13. The zero-order valence-corrected chi connectivity index (χ0v) is 16.2. The van der Waals surface area contributed by atoms with Gasteiger partial charge in [0.1, 0.15) is 0 Å². The summed E-state index contributed by atoms with van der Waals surface area (Å²) in [5.74, 6) is 1.84. The topological polar surface area (TPSA) is 50.4 Å². The Morgan fingerprint density at radius 1 is 1.22 bits per heavy atom. The van der Waals surface area contributed by atoms with Crippen LogP contribution in [0.5, 0.6) is 0 Å². The van der Waals surface area contributed by atoms with E-state index in [0.29, 0.717) is 5.92 Å². The van der Waals surface area contributed by atoms with Gasteiger partial charge in [0.15, 0.2) is 5.17 Å². The van der Waals surface area contributed by atoms with Crippen LogP contribution in [0.25, 0.3) is 0 Å². The lowest BCUT2D eigenvalue weighted by Gasteiger charge is -2.49. The number of benzene rings is 1. The molecule has 130 valence electrons. The number of nitrogens with zero attached hydrogens (tertiary/aromatic N) is 1. The lowest BCUT2D eigenvalue weighted by atomic mass is 9.69. The molecule has 3 rings (SSSR count). The van der Waals surface area contributed by atoms with Crippen LogP contribution in [-0.2, 0) is 5.54 Å². The molecule has 3 N–H and O–H groups in total. The van der Waals surface area contributed by atoms with Gasteiger partial charge in [-0.05, 0) is 36.5 Å². The van der Waals surface area contributed by atoms with Gasteiger partial charge < -0.3 is 11.1 Å². The standard InChI is InChI=1S/C15H21N3S.2C2H6/c1-17-14-18-15(11-6-4-7-13(16)9-11)8-3-2-5-12(15)10-19-14;2*1-2/h4,6-7,9,12H,2-3,5,8,10,16H2,1H3,(H,17,18);2*1-2H3. The highest BCUT2D eigenvalue weighted by Gasteiger charge is 2.45. The fourth-order valence-electron chi connectivity index (χ4n) is 3.43. The molecule has 2 fully saturated rings. The highest BCUT2D eigenvalue weighted by atomic mass is 32.2. The van der Waals surface area contributed by atoms with Gasteiger partial charge in [-0.1, -0.05) is 64.4 Å². The van der Waals surface area contributed by atoms with Crippen molar-refractivity contribution in [2.24, 2.45) is 10.9 Å². The molecular weight excluding hydrogens is 302 g/mol. The molecule has 0 spiro atoms. The van der Waals surface area contributed by atoms with E-state index in [0.717, 1.165) is 16.6 Å². The number of amidine groups is 1. The van der Waals surface area contributed by atoms with E-state index >= 15 is 0 Å². The molecule has 1 aromatic rings. The molecule has 0 bridgehead atoms. The van der Waals surface area contributed by atoms with Crippen molar-refractivity contribution in [3.63, 3.8) is 0 Å². The van der Waals surface area contributed by atoms with Crippen LogP contribution in [0.1, 0.15) is 58.9 Å². The minimum atomic E-state index is 0.0493. The SMILES string of the molecule is CC.CC.CN=C1NC2(c3cccc(N)c3)CCCCC2CS1. The second-order valence-electron chi connectivity index (χ2n) is 5.50. The quantitative estimate of drug-likeness (QED) is 0.708. The molecular formula is C19H33N3S. The molecule has 1 heterocycles. The van der Waals surface area contributed by atoms with Gasteiger partial charge in [0.05, 0.1) is 5.54 Å². The maximum absolute atomic E-state index is 5.99. The number of nitrogen functional groups attached to an aromatic ring is 1. The van der Waals surface area contributed by atoms with Crippen LogP contribution in [0.3, 0.4) is 0 Å². The summed E-state index contributed by atoms with van der Waals surface area (Å²) in [5, 5.41) is 4.79. The van der Waals surface area contributed by atoms with Crippen molar-refractivity contribution in [1.29, 1.82) is 0 Å². The predicted molar refractivity (Wildman–Crippen MR) is 106 cm³/mol. The molecule has 23 heavy (non-hydrogen) atoms. The van der Waals surface area contributed by atoms with Crippen molar-refractivity contribution < 1.29 is 0 Å².